The maximum absolute atomic E-state index is 3.70. The van der Waals surface area contributed by atoms with Gasteiger partial charge in [-0.15, -0.1) is 0 Å². The highest BCUT2D eigenvalue weighted by Gasteiger charge is 2.23. The average Bonchev–Trinajstić information content (AvgIpc) is 3.21. The van der Waals surface area contributed by atoms with Crippen LogP contribution in [0.4, 0.5) is 0 Å². The first-order valence-electron chi connectivity index (χ1n) is 25.0. The van der Waals surface area contributed by atoms with E-state index in [1.807, 2.05) is 0 Å². The van der Waals surface area contributed by atoms with Crippen molar-refractivity contribution in [1.82, 2.24) is 10.6 Å². The van der Waals surface area contributed by atoms with Crippen molar-refractivity contribution in [2.75, 3.05) is 26.2 Å². The highest BCUT2D eigenvalue weighted by atomic mass is 14.9. The molecule has 0 bridgehead atoms. The van der Waals surface area contributed by atoms with E-state index in [0.717, 1.165) is 26.2 Å². The number of rotatable bonds is 25. The van der Waals surface area contributed by atoms with Gasteiger partial charge in [-0.3, -0.25) is 0 Å². The number of hydrogen-bond donors (Lipinski definition) is 2. The number of unbranched alkanes of at least 4 members (excludes halogenated alkanes) is 11. The number of aryl methyl sites for hydroxylation is 2. The second-order valence-corrected chi connectivity index (χ2v) is 22.7. The molecule has 0 aliphatic carbocycles. The van der Waals surface area contributed by atoms with E-state index >= 15 is 0 Å². The van der Waals surface area contributed by atoms with Gasteiger partial charge in [-0.2, -0.15) is 0 Å². The lowest BCUT2D eigenvalue weighted by Gasteiger charge is -2.26. The summed E-state index contributed by atoms with van der Waals surface area (Å²) in [6.07, 6.45) is 27.5. The van der Waals surface area contributed by atoms with Crippen molar-refractivity contribution in [3.8, 4) is 22.3 Å². The molecule has 0 aliphatic heterocycles. The molecule has 2 heterocycles. The molecule has 0 radical (unpaired) electrons. The van der Waals surface area contributed by atoms with Gasteiger partial charge < -0.3 is 10.6 Å². The van der Waals surface area contributed by atoms with Gasteiger partial charge in [-0.05, 0) is 131 Å². The van der Waals surface area contributed by atoms with E-state index in [9.17, 15) is 0 Å². The second-order valence-electron chi connectivity index (χ2n) is 22.7. The fourth-order valence-corrected chi connectivity index (χ4v) is 8.17. The van der Waals surface area contributed by atoms with E-state index in [1.54, 1.807) is 0 Å². The predicted molar refractivity (Wildman–Crippen MR) is 269 cm³/mol. The highest BCUT2D eigenvalue weighted by molar-refractivity contribution is 5.66. The zero-order valence-electron chi connectivity index (χ0n) is 42.1. The Morgan fingerprint density at radius 2 is 0.548 bits per heavy atom. The van der Waals surface area contributed by atoms with Crippen molar-refractivity contribution in [2.24, 2.45) is 0 Å². The Morgan fingerprint density at radius 3 is 0.806 bits per heavy atom. The Balaban J connectivity index is 0.931. The largest absolute Gasteiger partial charge is 0.317 e. The van der Waals surface area contributed by atoms with E-state index in [-0.39, 0.29) is 21.7 Å². The summed E-state index contributed by atoms with van der Waals surface area (Å²) in [7, 11) is 0. The van der Waals surface area contributed by atoms with E-state index in [2.05, 4.69) is 188 Å². The van der Waals surface area contributed by atoms with Crippen LogP contribution in [-0.4, -0.2) is 26.2 Å². The number of nitrogens with zero attached hydrogens (tertiary/aromatic N) is 2. The minimum atomic E-state index is 0.134. The average molecular weight is 845 g/mol. The van der Waals surface area contributed by atoms with Crippen LogP contribution in [0.2, 0.25) is 0 Å². The first kappa shape index (κ1) is 51.3. The van der Waals surface area contributed by atoms with Gasteiger partial charge in [0.15, 0.2) is 24.8 Å². The van der Waals surface area contributed by atoms with E-state index in [0.29, 0.717) is 0 Å². The van der Waals surface area contributed by atoms with Crippen molar-refractivity contribution in [1.29, 1.82) is 0 Å². The molecule has 62 heavy (non-hydrogen) atoms. The van der Waals surface area contributed by atoms with Crippen molar-refractivity contribution in [3.63, 3.8) is 0 Å². The van der Waals surface area contributed by atoms with E-state index < -0.39 is 0 Å². The lowest BCUT2D eigenvalue weighted by atomic mass is 9.79. The number of benzene rings is 2. The fraction of sp³-hybridized carbons (Fsp3) is 0.621. The van der Waals surface area contributed by atoms with Crippen LogP contribution in [0.15, 0.2) is 85.5 Å². The van der Waals surface area contributed by atoms with Crippen molar-refractivity contribution in [3.05, 3.63) is 108 Å². The summed E-state index contributed by atoms with van der Waals surface area (Å²) in [6, 6.07) is 23.6. The first-order valence-corrected chi connectivity index (χ1v) is 25.0. The third-order valence-electron chi connectivity index (χ3n) is 12.8. The molecule has 4 aromatic rings. The maximum Gasteiger partial charge on any atom is 0.169 e. The summed E-state index contributed by atoms with van der Waals surface area (Å²) in [6.45, 7) is 34.7. The lowest BCUT2D eigenvalue weighted by molar-refractivity contribution is -0.697. The van der Waals surface area contributed by atoms with E-state index in [1.165, 1.54) is 147 Å². The number of hydrogen-bond acceptors (Lipinski definition) is 2. The van der Waals surface area contributed by atoms with Crippen molar-refractivity contribution >= 4 is 0 Å². The highest BCUT2D eigenvalue weighted by Crippen LogP contribution is 2.35. The monoisotopic (exact) mass is 845 g/mol. The zero-order chi connectivity index (χ0) is 45.2. The van der Waals surface area contributed by atoms with Gasteiger partial charge in [0.1, 0.15) is 13.1 Å². The van der Waals surface area contributed by atoms with Crippen LogP contribution in [-0.2, 0) is 34.7 Å². The minimum Gasteiger partial charge on any atom is -0.317 e. The molecule has 0 saturated carbocycles. The Morgan fingerprint density at radius 1 is 0.306 bits per heavy atom. The van der Waals surface area contributed by atoms with Gasteiger partial charge in [0.05, 0.1) is 0 Å². The molecule has 2 aromatic heterocycles. The standard InChI is InChI=1S/C58H92N4/c1-55(2,3)51-41-49(42-52(45-51)56(4,5)6)47-27-37-61(38-28-47)35-25-19-17-23-33-59-31-21-15-13-14-16-22-32-60-34-24-18-20-26-36-62-39-29-48(30-40-62)50-43-53(57(7,8)9)46-54(44-50)58(10,11)12/h27-30,37-46,59-60H,13-26,31-36H2,1-12H3/q+2. The molecule has 2 aromatic carbocycles. The third kappa shape index (κ3) is 18.4. The molecule has 0 amide bonds. The summed E-state index contributed by atoms with van der Waals surface area (Å²) in [5.41, 5.74) is 11.5. The van der Waals surface area contributed by atoms with Crippen molar-refractivity contribution in [2.45, 2.75) is 208 Å². The van der Waals surface area contributed by atoms with Gasteiger partial charge in [0.25, 0.3) is 0 Å². The third-order valence-corrected chi connectivity index (χ3v) is 12.8. The minimum absolute atomic E-state index is 0.134. The SMILES string of the molecule is CC(C)(C)c1cc(-c2cc[n+](CCCCCCNCCCCCCCCNCCCCCC[n+]3ccc(-c4cc(C(C)(C)C)cc(C(C)(C)C)c4)cc3)cc2)cc(C(C)(C)C)c1. The Hall–Kier alpha value is -3.34. The van der Waals surface area contributed by atoms with Crippen LogP contribution in [0.5, 0.6) is 0 Å². The van der Waals surface area contributed by atoms with Crippen LogP contribution in [0.25, 0.3) is 22.3 Å². The predicted octanol–water partition coefficient (Wildman–Crippen LogP) is 14.1. The summed E-state index contributed by atoms with van der Waals surface area (Å²) < 4.78 is 4.71. The summed E-state index contributed by atoms with van der Waals surface area (Å²) in [4.78, 5) is 0. The molecule has 0 spiro atoms. The van der Waals surface area contributed by atoms with Crippen LogP contribution < -0.4 is 19.8 Å². The van der Waals surface area contributed by atoms with Gasteiger partial charge >= 0.3 is 0 Å². The molecular weight excluding hydrogens is 753 g/mol. The maximum atomic E-state index is 3.70. The summed E-state index contributed by atoms with van der Waals surface area (Å²) >= 11 is 0. The molecule has 342 valence electrons. The quantitative estimate of drug-likeness (QED) is 0.0514. The van der Waals surface area contributed by atoms with Crippen LogP contribution >= 0.6 is 0 Å². The molecule has 0 atom stereocenters. The molecule has 4 nitrogen and oxygen atoms in total. The van der Waals surface area contributed by atoms with Gasteiger partial charge in [0.2, 0.25) is 0 Å². The van der Waals surface area contributed by atoms with Gasteiger partial charge in [-0.25, -0.2) is 9.13 Å². The topological polar surface area (TPSA) is 31.8 Å². The summed E-state index contributed by atoms with van der Waals surface area (Å²) in [5, 5.41) is 7.39. The van der Waals surface area contributed by atoms with Crippen LogP contribution in [0.1, 0.15) is 195 Å². The van der Waals surface area contributed by atoms with Gasteiger partial charge in [0, 0.05) is 37.1 Å². The number of aromatic nitrogens is 2. The molecule has 2 N–H and O–H groups in total. The normalized spacial score (nSPS) is 12.6. The number of nitrogens with one attached hydrogen (secondary N) is 2. The molecule has 0 fully saturated rings. The number of pyridine rings is 2. The summed E-state index contributed by atoms with van der Waals surface area (Å²) in [5.74, 6) is 0. The molecule has 0 saturated heterocycles. The molecule has 0 unspecified atom stereocenters. The Kier molecular flexibility index (Phi) is 20.4. The van der Waals surface area contributed by atoms with Crippen LogP contribution in [0.3, 0.4) is 0 Å². The molecular formula is C58H92N4+2. The molecule has 4 heteroatoms. The van der Waals surface area contributed by atoms with Gasteiger partial charge in [-0.1, -0.05) is 158 Å². The molecule has 4 rings (SSSR count). The van der Waals surface area contributed by atoms with E-state index in [4.69, 9.17) is 0 Å². The first-order chi connectivity index (χ1) is 29.3. The van der Waals surface area contributed by atoms with Crippen molar-refractivity contribution < 1.29 is 9.13 Å². The zero-order valence-corrected chi connectivity index (χ0v) is 42.1. The van der Waals surface area contributed by atoms with Crippen LogP contribution in [0, 0.1) is 0 Å². The lowest BCUT2D eigenvalue weighted by Crippen LogP contribution is -2.32. The Bertz CT molecular complexity index is 1660. The molecule has 0 aliphatic rings. The second kappa shape index (κ2) is 24.6. The Labute approximate surface area is 382 Å². The fourth-order valence-electron chi connectivity index (χ4n) is 8.17. The smallest absolute Gasteiger partial charge is 0.169 e.